The van der Waals surface area contributed by atoms with Gasteiger partial charge in [-0.3, -0.25) is 14.2 Å². The maximum atomic E-state index is 13.0. The summed E-state index contributed by atoms with van der Waals surface area (Å²) in [6, 6.07) is 28.6. The number of benzene rings is 3. The lowest BCUT2D eigenvalue weighted by Gasteiger charge is -2.39. The molecule has 2 amide bonds. The minimum Gasteiger partial charge on any atom is -0.339 e. The Morgan fingerprint density at radius 2 is 1.63 bits per heavy atom. The van der Waals surface area contributed by atoms with E-state index in [4.69, 9.17) is 0 Å². The quantitative estimate of drug-likeness (QED) is 0.118. The van der Waals surface area contributed by atoms with E-state index >= 15 is 0 Å². The predicted molar refractivity (Wildman–Crippen MR) is 173 cm³/mol. The molecule has 1 aliphatic rings. The van der Waals surface area contributed by atoms with Gasteiger partial charge < -0.3 is 9.80 Å². The number of rotatable bonds is 11. The molecule has 2 heterocycles. The van der Waals surface area contributed by atoms with Crippen LogP contribution in [0, 0.1) is 6.92 Å². The summed E-state index contributed by atoms with van der Waals surface area (Å²) in [5, 5.41) is 9.96. The lowest BCUT2D eigenvalue weighted by Crippen LogP contribution is -2.55. The van der Waals surface area contributed by atoms with Crippen molar-refractivity contribution in [1.29, 1.82) is 0 Å². The summed E-state index contributed by atoms with van der Waals surface area (Å²) >= 11 is 1.69. The number of amides is 2. The minimum atomic E-state index is -0.0144. The predicted octanol–water partition coefficient (Wildman–Crippen LogP) is 6.20. The first-order valence-electron chi connectivity index (χ1n) is 15.0. The van der Waals surface area contributed by atoms with Crippen LogP contribution in [0.25, 0.3) is 11.8 Å². The van der Waals surface area contributed by atoms with E-state index in [2.05, 4.69) is 58.1 Å². The number of nitrogens with zero attached hydrogens (tertiary/aromatic N) is 5. The molecular formula is C35H39N5O2S. The molecule has 7 nitrogen and oxygen atoms in total. The van der Waals surface area contributed by atoms with Gasteiger partial charge >= 0.3 is 0 Å². The van der Waals surface area contributed by atoms with E-state index in [0.717, 1.165) is 40.8 Å². The highest BCUT2D eigenvalue weighted by Gasteiger charge is 2.28. The Bertz CT molecular complexity index is 1520. The van der Waals surface area contributed by atoms with Crippen LogP contribution >= 0.6 is 11.8 Å². The number of hydrogen-bond acceptors (Lipinski definition) is 5. The zero-order valence-electron chi connectivity index (χ0n) is 24.9. The van der Waals surface area contributed by atoms with Crippen molar-refractivity contribution in [3.05, 3.63) is 114 Å². The van der Waals surface area contributed by atoms with E-state index in [1.165, 1.54) is 11.1 Å². The molecule has 1 fully saturated rings. The first-order valence-corrected chi connectivity index (χ1v) is 16.0. The summed E-state index contributed by atoms with van der Waals surface area (Å²) in [6.07, 6.45) is 6.41. The average Bonchev–Trinajstić information content (AvgIpc) is 3.42. The monoisotopic (exact) mass is 593 g/mol. The Kier molecular flexibility index (Phi) is 10.4. The molecule has 0 radical (unpaired) electrons. The Morgan fingerprint density at radius 1 is 0.907 bits per heavy atom. The van der Waals surface area contributed by atoms with E-state index in [0.29, 0.717) is 32.5 Å². The molecule has 0 aliphatic carbocycles. The van der Waals surface area contributed by atoms with Crippen molar-refractivity contribution in [2.24, 2.45) is 0 Å². The van der Waals surface area contributed by atoms with Gasteiger partial charge in [0, 0.05) is 56.0 Å². The van der Waals surface area contributed by atoms with Crippen molar-refractivity contribution in [1.82, 2.24) is 24.6 Å². The van der Waals surface area contributed by atoms with Gasteiger partial charge in [0.2, 0.25) is 11.8 Å². The molecule has 0 saturated carbocycles. The van der Waals surface area contributed by atoms with E-state index in [1.54, 1.807) is 17.8 Å². The zero-order valence-corrected chi connectivity index (χ0v) is 25.7. The van der Waals surface area contributed by atoms with Crippen LogP contribution in [0.2, 0.25) is 0 Å². The normalized spacial score (nSPS) is 15.3. The van der Waals surface area contributed by atoms with Gasteiger partial charge in [-0.2, -0.15) is 0 Å². The number of carbonyl (C=O) groups excluding carboxylic acids is 2. The second-order valence-electron chi connectivity index (χ2n) is 11.0. The van der Waals surface area contributed by atoms with E-state index in [-0.39, 0.29) is 17.9 Å². The Labute approximate surface area is 258 Å². The number of piperazine rings is 1. The lowest BCUT2D eigenvalue weighted by atomic mass is 10.1. The first kappa shape index (κ1) is 30.3. The van der Waals surface area contributed by atoms with Gasteiger partial charge in [0.15, 0.2) is 5.16 Å². The Balaban J connectivity index is 1.10. The molecule has 1 atom stereocenters. The fourth-order valence-corrected chi connectivity index (χ4v) is 6.25. The summed E-state index contributed by atoms with van der Waals surface area (Å²) in [7, 11) is 0. The minimum absolute atomic E-state index is 0.00843. The van der Waals surface area contributed by atoms with Gasteiger partial charge in [-0.25, -0.2) is 0 Å². The largest absolute Gasteiger partial charge is 0.339 e. The molecule has 0 spiro atoms. The number of aryl methyl sites for hydroxylation is 1. The first-order chi connectivity index (χ1) is 21.0. The molecule has 3 aromatic carbocycles. The third kappa shape index (κ3) is 8.23. The fraction of sp³-hybridized carbons (Fsp3) is 0.314. The van der Waals surface area contributed by atoms with Crippen molar-refractivity contribution < 1.29 is 9.59 Å². The number of thioether (sulfide) groups is 1. The maximum absolute atomic E-state index is 13.0. The summed E-state index contributed by atoms with van der Waals surface area (Å²) in [6.45, 7) is 5.80. The van der Waals surface area contributed by atoms with Gasteiger partial charge in [0.1, 0.15) is 5.82 Å². The number of aromatic nitrogens is 3. The molecule has 1 aromatic heterocycles. The number of hydrogen-bond donors (Lipinski definition) is 0. The van der Waals surface area contributed by atoms with Crippen LogP contribution in [0.1, 0.15) is 48.7 Å². The van der Waals surface area contributed by atoms with Crippen LogP contribution in [0.5, 0.6) is 0 Å². The van der Waals surface area contributed by atoms with Gasteiger partial charge in [-0.1, -0.05) is 90.1 Å². The lowest BCUT2D eigenvalue weighted by molar-refractivity contribution is -0.139. The van der Waals surface area contributed by atoms with Crippen molar-refractivity contribution in [3.8, 4) is 5.69 Å². The van der Waals surface area contributed by atoms with Gasteiger partial charge in [-0.05, 0) is 56.0 Å². The van der Waals surface area contributed by atoms with Gasteiger partial charge in [-0.15, -0.1) is 10.2 Å². The molecule has 222 valence electrons. The smallest absolute Gasteiger partial charge is 0.246 e. The third-order valence-electron chi connectivity index (χ3n) is 7.69. The van der Waals surface area contributed by atoms with Crippen LogP contribution in [-0.4, -0.2) is 67.8 Å². The second-order valence-corrected chi connectivity index (χ2v) is 12.1. The van der Waals surface area contributed by atoms with Crippen LogP contribution in [0.4, 0.5) is 0 Å². The van der Waals surface area contributed by atoms with Gasteiger partial charge in [0.05, 0.1) is 0 Å². The standard InChI is InChI=1S/C35H39N5O2S/c1-27-16-19-31(20-17-27)40-32(25-30-13-7-4-8-14-30)36-37-35(40)43-24-10-9-15-33(41)38-22-23-39(28(2)26-38)34(42)21-18-29-11-5-3-6-12-29/h3-8,11-14,16-21,28H,9-10,15,22-26H2,1-2H3. The molecule has 0 N–H and O–H groups in total. The molecule has 0 bridgehead atoms. The van der Waals surface area contributed by atoms with Crippen LogP contribution in [0.3, 0.4) is 0 Å². The Morgan fingerprint density at radius 3 is 2.35 bits per heavy atom. The molecule has 8 heteroatoms. The highest BCUT2D eigenvalue weighted by Crippen LogP contribution is 2.25. The van der Waals surface area contributed by atoms with E-state index in [9.17, 15) is 9.59 Å². The van der Waals surface area contributed by atoms with Crippen LogP contribution < -0.4 is 0 Å². The van der Waals surface area contributed by atoms with Crippen LogP contribution in [0.15, 0.2) is 96.2 Å². The second kappa shape index (κ2) is 14.8. The summed E-state index contributed by atoms with van der Waals surface area (Å²) < 4.78 is 2.15. The number of carbonyl (C=O) groups is 2. The zero-order chi connectivity index (χ0) is 30.0. The fourth-order valence-electron chi connectivity index (χ4n) is 5.28. The Hall–Kier alpha value is -4.17. The van der Waals surface area contributed by atoms with Crippen LogP contribution in [-0.2, 0) is 16.0 Å². The van der Waals surface area contributed by atoms with E-state index in [1.807, 2.05) is 71.3 Å². The SMILES string of the molecule is Cc1ccc(-n2c(Cc3ccccc3)nnc2SCCCCC(=O)N2CCN(C(=O)C=Cc3ccccc3)C(C)C2)cc1. The van der Waals surface area contributed by atoms with Crippen molar-refractivity contribution in [2.75, 3.05) is 25.4 Å². The van der Waals surface area contributed by atoms with Crippen molar-refractivity contribution in [3.63, 3.8) is 0 Å². The molecule has 1 saturated heterocycles. The highest BCUT2D eigenvalue weighted by molar-refractivity contribution is 7.99. The topological polar surface area (TPSA) is 71.3 Å². The summed E-state index contributed by atoms with van der Waals surface area (Å²) in [5.74, 6) is 1.92. The molecule has 43 heavy (non-hydrogen) atoms. The van der Waals surface area contributed by atoms with E-state index < -0.39 is 0 Å². The molecule has 4 aromatic rings. The highest BCUT2D eigenvalue weighted by atomic mass is 32.2. The molecule has 1 aliphatic heterocycles. The van der Waals surface area contributed by atoms with Crippen molar-refractivity contribution in [2.45, 2.75) is 50.7 Å². The maximum Gasteiger partial charge on any atom is 0.246 e. The average molecular weight is 594 g/mol. The molecule has 5 rings (SSSR count). The third-order valence-corrected chi connectivity index (χ3v) is 8.71. The molecule has 1 unspecified atom stereocenters. The number of unbranched alkanes of at least 4 members (excludes halogenated alkanes) is 1. The van der Waals surface area contributed by atoms with Gasteiger partial charge in [0.25, 0.3) is 0 Å². The van der Waals surface area contributed by atoms with Crippen molar-refractivity contribution >= 4 is 29.7 Å². The summed E-state index contributed by atoms with van der Waals surface area (Å²) in [4.78, 5) is 29.5. The molecular weight excluding hydrogens is 554 g/mol. The summed E-state index contributed by atoms with van der Waals surface area (Å²) in [5.41, 5.74) is 4.46.